The van der Waals surface area contributed by atoms with Crippen LogP contribution >= 0.6 is 0 Å². The lowest BCUT2D eigenvalue weighted by molar-refractivity contribution is -0.161. The topological polar surface area (TPSA) is 181 Å². The molecule has 0 aliphatic heterocycles. The van der Waals surface area contributed by atoms with Gasteiger partial charge in [0.05, 0.1) is 12.9 Å². The fraction of sp³-hybridized carbons (Fsp3) is 0.600. The minimum Gasteiger partial charge on any atom is -0.462 e. The van der Waals surface area contributed by atoms with E-state index in [1.165, 1.54) is 10.9 Å². The summed E-state index contributed by atoms with van der Waals surface area (Å²) in [5.74, 6) is -0.659. The van der Waals surface area contributed by atoms with Crippen molar-refractivity contribution in [3.8, 4) is 0 Å². The average Bonchev–Trinajstić information content (AvgIpc) is 3.03. The maximum atomic E-state index is 11.7. The van der Waals surface area contributed by atoms with E-state index in [9.17, 15) is 14.7 Å². The number of anilines is 1. The van der Waals surface area contributed by atoms with Crippen LogP contribution in [-0.4, -0.2) is 62.7 Å². The number of nitrogen functional groups attached to an aromatic ring is 1. The lowest BCUT2D eigenvalue weighted by Crippen LogP contribution is -2.39. The maximum Gasteiger partial charge on any atom is 0.323 e. The number of carbonyl (C=O) groups excluding carboxylic acids is 1. The number of aliphatic hydroxyl groups is 1. The van der Waals surface area contributed by atoms with Crippen LogP contribution in [0.25, 0.3) is 11.2 Å². The summed E-state index contributed by atoms with van der Waals surface area (Å²) in [7, 11) is 0. The molecule has 1 unspecified atom stereocenters. The summed E-state index contributed by atoms with van der Waals surface area (Å²) in [5.41, 5.74) is 11.1. The normalized spacial score (nSPS) is 13.8. The number of carbonyl (C=O) groups is 1. The maximum absolute atomic E-state index is 11.7. The van der Waals surface area contributed by atoms with Gasteiger partial charge in [-0.25, -0.2) is 4.98 Å². The Morgan fingerprint density at radius 2 is 2.19 bits per heavy atom. The zero-order valence-electron chi connectivity index (χ0n) is 15.1. The van der Waals surface area contributed by atoms with Crippen LogP contribution in [0.3, 0.4) is 0 Å². The predicted octanol–water partition coefficient (Wildman–Crippen LogP) is -1.46. The van der Waals surface area contributed by atoms with Gasteiger partial charge in [0.15, 0.2) is 11.2 Å². The van der Waals surface area contributed by atoms with Gasteiger partial charge >= 0.3 is 5.97 Å². The highest BCUT2D eigenvalue weighted by Gasteiger charge is 2.20. The van der Waals surface area contributed by atoms with Gasteiger partial charge < -0.3 is 30.8 Å². The van der Waals surface area contributed by atoms with Crippen molar-refractivity contribution in [3.05, 3.63) is 16.7 Å². The van der Waals surface area contributed by atoms with Gasteiger partial charge in [-0.05, 0) is 5.92 Å². The van der Waals surface area contributed by atoms with Crippen LogP contribution in [0, 0.1) is 5.92 Å². The largest absolute Gasteiger partial charge is 0.462 e. The number of nitrogens with zero attached hydrogens (tertiary/aromatic N) is 3. The third-order valence-electron chi connectivity index (χ3n) is 3.72. The summed E-state index contributed by atoms with van der Waals surface area (Å²) in [6, 6.07) is -0.738. The van der Waals surface area contributed by atoms with Gasteiger partial charge in [0.25, 0.3) is 5.56 Å². The minimum absolute atomic E-state index is 0.0114. The number of aromatic nitrogens is 4. The summed E-state index contributed by atoms with van der Waals surface area (Å²) in [5, 5.41) is 9.29. The van der Waals surface area contributed by atoms with Gasteiger partial charge in [-0.2, -0.15) is 4.98 Å². The highest BCUT2D eigenvalue weighted by molar-refractivity contribution is 5.75. The van der Waals surface area contributed by atoms with E-state index in [1.807, 2.05) is 0 Å². The van der Waals surface area contributed by atoms with Crippen LogP contribution in [-0.2, 0) is 25.7 Å². The number of imidazole rings is 1. The summed E-state index contributed by atoms with van der Waals surface area (Å²) >= 11 is 0. The fourth-order valence-corrected chi connectivity index (χ4v) is 2.04. The van der Waals surface area contributed by atoms with Gasteiger partial charge in [0, 0.05) is 0 Å². The van der Waals surface area contributed by atoms with Crippen molar-refractivity contribution in [3.63, 3.8) is 0 Å². The zero-order chi connectivity index (χ0) is 20.0. The number of aliphatic hydroxyl groups excluding tert-OH is 1. The Labute approximate surface area is 154 Å². The molecule has 12 nitrogen and oxygen atoms in total. The molecule has 0 fully saturated rings. The fourth-order valence-electron chi connectivity index (χ4n) is 2.04. The van der Waals surface area contributed by atoms with E-state index in [0.29, 0.717) is 0 Å². The van der Waals surface area contributed by atoms with Crippen molar-refractivity contribution in [2.75, 3.05) is 25.7 Å². The van der Waals surface area contributed by atoms with E-state index in [-0.39, 0.29) is 49.8 Å². The molecule has 0 spiro atoms. The average molecular weight is 384 g/mol. The lowest BCUT2D eigenvalue weighted by Gasteiger charge is -2.18. The Kier molecular flexibility index (Phi) is 7.24. The zero-order valence-corrected chi connectivity index (χ0v) is 15.1. The van der Waals surface area contributed by atoms with Gasteiger partial charge in [-0.15, -0.1) is 0 Å². The van der Waals surface area contributed by atoms with E-state index in [0.717, 1.165) is 0 Å². The van der Waals surface area contributed by atoms with Crippen LogP contribution in [0.1, 0.15) is 13.8 Å². The third kappa shape index (κ3) is 5.47. The SMILES string of the molecule is CC(C)[C@H](N)C(=O)OCC(CO)OCOCn1cnc2c(=O)[nH]c(N)nc21. The second-order valence-electron chi connectivity index (χ2n) is 6.16. The van der Waals surface area contributed by atoms with E-state index in [1.54, 1.807) is 13.8 Å². The van der Waals surface area contributed by atoms with Crippen molar-refractivity contribution in [2.24, 2.45) is 11.7 Å². The highest BCUT2D eigenvalue weighted by Crippen LogP contribution is 2.07. The molecular formula is C15H24N6O6. The second-order valence-corrected chi connectivity index (χ2v) is 6.16. The Bertz CT molecular complexity index is 819. The third-order valence-corrected chi connectivity index (χ3v) is 3.72. The number of fused-ring (bicyclic) bond motifs is 1. The number of hydrogen-bond donors (Lipinski definition) is 4. The standard InChI is InChI=1S/C15H24N6O6/c1-8(2)10(16)14(24)26-4-9(3-22)27-7-25-6-21-5-18-11-12(21)19-15(17)20-13(11)23/h5,8-10,22H,3-4,6-7,16H2,1-2H3,(H3,17,19,20,23)/t9?,10-/m0/s1. The summed E-state index contributed by atoms with van der Waals surface area (Å²) in [4.78, 5) is 33.7. The number of H-pyrrole nitrogens is 1. The molecule has 12 heteroatoms. The lowest BCUT2D eigenvalue weighted by atomic mass is 10.1. The molecule has 0 aliphatic rings. The predicted molar refractivity (Wildman–Crippen MR) is 94.2 cm³/mol. The Balaban J connectivity index is 1.80. The molecule has 0 saturated heterocycles. The van der Waals surface area contributed by atoms with Crippen molar-refractivity contribution in [1.29, 1.82) is 0 Å². The molecule has 6 N–H and O–H groups in total. The van der Waals surface area contributed by atoms with Gasteiger partial charge in [-0.3, -0.25) is 19.1 Å². The second kappa shape index (κ2) is 9.41. The molecule has 2 aromatic rings. The molecule has 0 amide bonds. The molecule has 0 aliphatic carbocycles. The van der Waals surface area contributed by atoms with Crippen LogP contribution < -0.4 is 17.0 Å². The molecule has 0 saturated carbocycles. The number of ether oxygens (including phenoxy) is 3. The number of nitrogens with one attached hydrogen (secondary N) is 1. The first-order valence-corrected chi connectivity index (χ1v) is 8.26. The molecule has 2 heterocycles. The molecule has 2 rings (SSSR count). The molecule has 0 aromatic carbocycles. The first-order valence-electron chi connectivity index (χ1n) is 8.26. The monoisotopic (exact) mass is 384 g/mol. The molecule has 0 radical (unpaired) electrons. The van der Waals surface area contributed by atoms with Crippen LogP contribution in [0.2, 0.25) is 0 Å². The first-order chi connectivity index (χ1) is 12.8. The summed E-state index contributed by atoms with van der Waals surface area (Å²) in [6.07, 6.45) is 0.620. The molecule has 2 aromatic heterocycles. The highest BCUT2D eigenvalue weighted by atomic mass is 16.7. The van der Waals surface area contributed by atoms with E-state index >= 15 is 0 Å². The number of hydrogen-bond acceptors (Lipinski definition) is 10. The van der Waals surface area contributed by atoms with Crippen LogP contribution in [0.15, 0.2) is 11.1 Å². The smallest absolute Gasteiger partial charge is 0.323 e. The van der Waals surface area contributed by atoms with E-state index in [2.05, 4.69) is 15.0 Å². The Morgan fingerprint density at radius 3 is 2.85 bits per heavy atom. The number of esters is 1. The first kappa shape index (κ1) is 20.8. The summed E-state index contributed by atoms with van der Waals surface area (Å²) in [6.45, 7) is 2.88. The van der Waals surface area contributed by atoms with E-state index < -0.39 is 23.7 Å². The van der Waals surface area contributed by atoms with Crippen molar-refractivity contribution >= 4 is 23.1 Å². The number of nitrogens with two attached hydrogens (primary N) is 2. The molecule has 2 atom stereocenters. The van der Waals surface area contributed by atoms with Gasteiger partial charge in [0.1, 0.15) is 32.3 Å². The Morgan fingerprint density at radius 1 is 1.44 bits per heavy atom. The molecule has 27 heavy (non-hydrogen) atoms. The molecule has 150 valence electrons. The molecule has 0 bridgehead atoms. The van der Waals surface area contributed by atoms with Crippen LogP contribution in [0.5, 0.6) is 0 Å². The van der Waals surface area contributed by atoms with Gasteiger partial charge in [0.2, 0.25) is 5.95 Å². The molecular weight excluding hydrogens is 360 g/mol. The quantitative estimate of drug-likeness (QED) is 0.215. The summed E-state index contributed by atoms with van der Waals surface area (Å²) < 4.78 is 17.1. The minimum atomic E-state index is -0.760. The Hall–Kier alpha value is -2.54. The van der Waals surface area contributed by atoms with Crippen molar-refractivity contribution in [1.82, 2.24) is 19.5 Å². The van der Waals surface area contributed by atoms with Gasteiger partial charge in [-0.1, -0.05) is 13.8 Å². The van der Waals surface area contributed by atoms with E-state index in [4.69, 9.17) is 25.7 Å². The number of rotatable bonds is 10. The van der Waals surface area contributed by atoms with Crippen molar-refractivity contribution < 1.29 is 24.1 Å². The number of aromatic amines is 1. The van der Waals surface area contributed by atoms with Crippen molar-refractivity contribution in [2.45, 2.75) is 32.7 Å². The van der Waals surface area contributed by atoms with Crippen LogP contribution in [0.4, 0.5) is 5.95 Å².